The molecule has 1 amide bonds. The highest BCUT2D eigenvalue weighted by molar-refractivity contribution is 7.80. The van der Waals surface area contributed by atoms with Gasteiger partial charge in [-0.2, -0.15) is 0 Å². The fourth-order valence-corrected chi connectivity index (χ4v) is 3.69. The summed E-state index contributed by atoms with van der Waals surface area (Å²) in [4.78, 5) is 15.9. The summed E-state index contributed by atoms with van der Waals surface area (Å²) < 4.78 is 5.50. The summed E-state index contributed by atoms with van der Waals surface area (Å²) in [7, 11) is 0. The SMILES string of the molecule is CCOc1ccc(NC(=S)N(CCC(C)C)C2CCN(C(C)=O)CC2)cc1. The fraction of sp³-hybridized carbons (Fsp3) is 0.619. The van der Waals surface area contributed by atoms with Gasteiger partial charge in [0.25, 0.3) is 0 Å². The number of likely N-dealkylation sites (tertiary alicyclic amines) is 1. The van der Waals surface area contributed by atoms with Gasteiger partial charge in [-0.1, -0.05) is 13.8 Å². The molecule has 0 bridgehead atoms. The lowest BCUT2D eigenvalue weighted by atomic mass is 10.0. The van der Waals surface area contributed by atoms with Crippen LogP contribution in [-0.2, 0) is 4.79 Å². The van der Waals surface area contributed by atoms with E-state index in [0.717, 1.165) is 55.4 Å². The lowest BCUT2D eigenvalue weighted by Crippen LogP contribution is -2.50. The summed E-state index contributed by atoms with van der Waals surface area (Å²) in [5, 5.41) is 4.15. The number of thiocarbonyl (C=S) groups is 1. The molecule has 1 heterocycles. The van der Waals surface area contributed by atoms with Crippen LogP contribution in [0.15, 0.2) is 24.3 Å². The van der Waals surface area contributed by atoms with E-state index in [0.29, 0.717) is 18.6 Å². The van der Waals surface area contributed by atoms with Crippen molar-refractivity contribution in [3.8, 4) is 5.75 Å². The predicted molar refractivity (Wildman–Crippen MR) is 115 cm³/mol. The molecular formula is C21H33N3O2S. The van der Waals surface area contributed by atoms with E-state index in [9.17, 15) is 4.79 Å². The number of benzene rings is 1. The fourth-order valence-electron chi connectivity index (χ4n) is 3.34. The van der Waals surface area contributed by atoms with Crippen LogP contribution >= 0.6 is 12.2 Å². The predicted octanol–water partition coefficient (Wildman–Crippen LogP) is 4.14. The highest BCUT2D eigenvalue weighted by Gasteiger charge is 2.27. The molecule has 1 aromatic rings. The topological polar surface area (TPSA) is 44.8 Å². The minimum absolute atomic E-state index is 0.164. The van der Waals surface area contributed by atoms with Crippen molar-refractivity contribution in [3.63, 3.8) is 0 Å². The summed E-state index contributed by atoms with van der Waals surface area (Å²) in [5.41, 5.74) is 0.971. The molecule has 0 unspecified atom stereocenters. The number of hydrogen-bond donors (Lipinski definition) is 1. The second kappa shape index (κ2) is 10.5. The Labute approximate surface area is 169 Å². The Morgan fingerprint density at radius 1 is 1.30 bits per heavy atom. The lowest BCUT2D eigenvalue weighted by Gasteiger charge is -2.40. The number of nitrogens with zero attached hydrogens (tertiary/aromatic N) is 2. The quantitative estimate of drug-likeness (QED) is 0.708. The van der Waals surface area contributed by atoms with Crippen LogP contribution in [0.3, 0.4) is 0 Å². The largest absolute Gasteiger partial charge is 0.494 e. The van der Waals surface area contributed by atoms with E-state index >= 15 is 0 Å². The van der Waals surface area contributed by atoms with Gasteiger partial charge < -0.3 is 19.9 Å². The number of piperidine rings is 1. The van der Waals surface area contributed by atoms with E-state index in [-0.39, 0.29) is 5.91 Å². The highest BCUT2D eigenvalue weighted by atomic mass is 32.1. The number of anilines is 1. The molecule has 0 aliphatic carbocycles. The number of amides is 1. The second-order valence-corrected chi connectivity index (χ2v) is 7.89. The first-order chi connectivity index (χ1) is 12.9. The Morgan fingerprint density at radius 3 is 2.44 bits per heavy atom. The van der Waals surface area contributed by atoms with Crippen molar-refractivity contribution in [1.82, 2.24) is 9.80 Å². The molecule has 0 atom stereocenters. The first kappa shape index (κ1) is 21.5. The summed E-state index contributed by atoms with van der Waals surface area (Å²) in [6.45, 7) is 11.3. The van der Waals surface area contributed by atoms with Gasteiger partial charge in [-0.3, -0.25) is 4.79 Å². The Kier molecular flexibility index (Phi) is 8.35. The van der Waals surface area contributed by atoms with Gasteiger partial charge in [0.2, 0.25) is 5.91 Å². The maximum absolute atomic E-state index is 11.6. The van der Waals surface area contributed by atoms with Crippen LogP contribution in [0.4, 0.5) is 5.69 Å². The molecule has 1 N–H and O–H groups in total. The molecule has 1 aliphatic rings. The third-order valence-corrected chi connectivity index (χ3v) is 5.31. The number of nitrogens with one attached hydrogen (secondary N) is 1. The molecule has 0 spiro atoms. The second-order valence-electron chi connectivity index (χ2n) is 7.50. The van der Waals surface area contributed by atoms with E-state index in [1.807, 2.05) is 36.1 Å². The number of carbonyl (C=O) groups is 1. The van der Waals surface area contributed by atoms with Crippen LogP contribution in [0.2, 0.25) is 0 Å². The van der Waals surface area contributed by atoms with Gasteiger partial charge in [-0.05, 0) is 68.6 Å². The summed E-state index contributed by atoms with van der Waals surface area (Å²) >= 11 is 5.76. The van der Waals surface area contributed by atoms with Crippen LogP contribution in [0.5, 0.6) is 5.75 Å². The van der Waals surface area contributed by atoms with Gasteiger partial charge in [0.1, 0.15) is 5.75 Å². The first-order valence-electron chi connectivity index (χ1n) is 9.96. The molecule has 0 aromatic heterocycles. The van der Waals surface area contributed by atoms with E-state index < -0.39 is 0 Å². The van der Waals surface area contributed by atoms with E-state index in [1.54, 1.807) is 6.92 Å². The first-order valence-corrected chi connectivity index (χ1v) is 10.4. The molecule has 27 heavy (non-hydrogen) atoms. The zero-order valence-corrected chi connectivity index (χ0v) is 17.8. The van der Waals surface area contributed by atoms with Gasteiger partial charge in [0.05, 0.1) is 6.61 Å². The van der Waals surface area contributed by atoms with Gasteiger partial charge in [0.15, 0.2) is 5.11 Å². The standard InChI is InChI=1S/C21H33N3O2S/c1-5-26-20-8-6-18(7-9-20)22-21(27)24(15-10-16(2)3)19-11-13-23(14-12-19)17(4)25/h6-9,16,19H,5,10-15H2,1-4H3,(H,22,27). The molecule has 1 aliphatic heterocycles. The smallest absolute Gasteiger partial charge is 0.219 e. The van der Waals surface area contributed by atoms with Crippen LogP contribution in [0.25, 0.3) is 0 Å². The number of carbonyl (C=O) groups excluding carboxylic acids is 1. The summed E-state index contributed by atoms with van der Waals surface area (Å²) in [6, 6.07) is 8.28. The molecular weight excluding hydrogens is 358 g/mol. The van der Waals surface area contributed by atoms with Crippen LogP contribution < -0.4 is 10.1 Å². The molecule has 2 rings (SSSR count). The zero-order valence-electron chi connectivity index (χ0n) is 17.0. The van der Waals surface area contributed by atoms with Crippen molar-refractivity contribution >= 4 is 28.9 Å². The van der Waals surface area contributed by atoms with E-state index in [4.69, 9.17) is 17.0 Å². The number of hydrogen-bond acceptors (Lipinski definition) is 3. The van der Waals surface area contributed by atoms with Crippen molar-refractivity contribution in [2.45, 2.75) is 53.0 Å². The third kappa shape index (κ3) is 6.69. The number of ether oxygens (including phenoxy) is 1. The van der Waals surface area contributed by atoms with Gasteiger partial charge >= 0.3 is 0 Å². The minimum Gasteiger partial charge on any atom is -0.494 e. The average molecular weight is 392 g/mol. The Hall–Kier alpha value is -1.82. The molecule has 6 heteroatoms. The van der Waals surface area contributed by atoms with E-state index in [2.05, 4.69) is 24.1 Å². The van der Waals surface area contributed by atoms with E-state index in [1.165, 1.54) is 0 Å². The minimum atomic E-state index is 0.164. The van der Waals surface area contributed by atoms with Gasteiger partial charge in [-0.25, -0.2) is 0 Å². The maximum atomic E-state index is 11.6. The lowest BCUT2D eigenvalue weighted by molar-refractivity contribution is -0.130. The van der Waals surface area contributed by atoms with Crippen molar-refractivity contribution in [2.24, 2.45) is 5.92 Å². The van der Waals surface area contributed by atoms with Crippen molar-refractivity contribution in [3.05, 3.63) is 24.3 Å². The van der Waals surface area contributed by atoms with Gasteiger partial charge in [-0.15, -0.1) is 0 Å². The van der Waals surface area contributed by atoms with Gasteiger partial charge in [0, 0.05) is 38.3 Å². The van der Waals surface area contributed by atoms with Crippen LogP contribution in [0, 0.1) is 5.92 Å². The van der Waals surface area contributed by atoms with Crippen LogP contribution in [-0.4, -0.2) is 53.1 Å². The summed E-state index contributed by atoms with van der Waals surface area (Å²) in [6.07, 6.45) is 3.02. The highest BCUT2D eigenvalue weighted by Crippen LogP contribution is 2.21. The third-order valence-electron chi connectivity index (χ3n) is 4.98. The normalized spacial score (nSPS) is 14.9. The summed E-state index contributed by atoms with van der Waals surface area (Å²) in [5.74, 6) is 1.65. The molecule has 1 saturated heterocycles. The molecule has 0 radical (unpaired) electrons. The number of rotatable bonds is 7. The van der Waals surface area contributed by atoms with Crippen LogP contribution in [0.1, 0.15) is 47.0 Å². The Balaban J connectivity index is 2.01. The van der Waals surface area contributed by atoms with Crippen molar-refractivity contribution in [2.75, 3.05) is 31.6 Å². The molecule has 0 saturated carbocycles. The maximum Gasteiger partial charge on any atom is 0.219 e. The molecule has 1 aromatic carbocycles. The molecule has 150 valence electrons. The van der Waals surface area contributed by atoms with Crippen molar-refractivity contribution in [1.29, 1.82) is 0 Å². The monoisotopic (exact) mass is 391 g/mol. The van der Waals surface area contributed by atoms with Crippen molar-refractivity contribution < 1.29 is 9.53 Å². The molecule has 5 nitrogen and oxygen atoms in total. The Bertz CT molecular complexity index is 610. The average Bonchev–Trinajstić information content (AvgIpc) is 2.64. The zero-order chi connectivity index (χ0) is 19.8. The Morgan fingerprint density at radius 2 is 1.93 bits per heavy atom. The molecule has 1 fully saturated rings.